The normalized spacial score (nSPS) is 10.4. The minimum Gasteiger partial charge on any atom is -0.497 e. The standard InChI is InChI=1S/C21H25ClN2O3/c1-15-7-8-18(14-20(15)22)23-21(26)10-12-24(16(2)25)11-9-17-5-4-6-19(13-17)27-3/h4-8,13-14H,9-12H2,1-3H3,(H,23,26). The third-order valence-corrected chi connectivity index (χ3v) is 4.72. The second kappa shape index (κ2) is 9.97. The predicted molar refractivity (Wildman–Crippen MR) is 108 cm³/mol. The third-order valence-electron chi connectivity index (χ3n) is 4.31. The lowest BCUT2D eigenvalue weighted by atomic mass is 10.1. The number of carbonyl (C=O) groups excluding carboxylic acids is 2. The molecule has 27 heavy (non-hydrogen) atoms. The molecule has 0 aliphatic rings. The summed E-state index contributed by atoms with van der Waals surface area (Å²) in [7, 11) is 1.63. The molecule has 0 radical (unpaired) electrons. The fourth-order valence-electron chi connectivity index (χ4n) is 2.65. The maximum absolute atomic E-state index is 12.2. The number of ether oxygens (including phenoxy) is 1. The summed E-state index contributed by atoms with van der Waals surface area (Å²) in [5.74, 6) is 0.588. The highest BCUT2D eigenvalue weighted by molar-refractivity contribution is 6.31. The Labute approximate surface area is 165 Å². The first-order chi connectivity index (χ1) is 12.9. The van der Waals surface area contributed by atoms with Crippen LogP contribution in [0.25, 0.3) is 0 Å². The van der Waals surface area contributed by atoms with Crippen LogP contribution in [0.4, 0.5) is 5.69 Å². The molecule has 0 heterocycles. The number of rotatable bonds is 8. The number of benzene rings is 2. The summed E-state index contributed by atoms with van der Waals surface area (Å²) in [6.07, 6.45) is 0.926. The van der Waals surface area contributed by atoms with Crippen LogP contribution in [-0.4, -0.2) is 36.9 Å². The average Bonchev–Trinajstić information content (AvgIpc) is 2.64. The smallest absolute Gasteiger partial charge is 0.226 e. The quantitative estimate of drug-likeness (QED) is 0.741. The third kappa shape index (κ3) is 6.61. The maximum Gasteiger partial charge on any atom is 0.226 e. The zero-order valence-electron chi connectivity index (χ0n) is 15.9. The van der Waals surface area contributed by atoms with E-state index in [1.807, 2.05) is 43.3 Å². The van der Waals surface area contributed by atoms with E-state index in [1.54, 1.807) is 18.1 Å². The van der Waals surface area contributed by atoms with Crippen molar-refractivity contribution in [3.05, 3.63) is 58.6 Å². The monoisotopic (exact) mass is 388 g/mol. The molecule has 0 spiro atoms. The summed E-state index contributed by atoms with van der Waals surface area (Å²) < 4.78 is 5.22. The lowest BCUT2D eigenvalue weighted by Gasteiger charge is -2.21. The van der Waals surface area contributed by atoms with Crippen molar-refractivity contribution in [1.29, 1.82) is 0 Å². The Morgan fingerprint density at radius 2 is 1.93 bits per heavy atom. The fraction of sp³-hybridized carbons (Fsp3) is 0.333. The molecule has 5 nitrogen and oxygen atoms in total. The van der Waals surface area contributed by atoms with Crippen LogP contribution in [0.1, 0.15) is 24.5 Å². The Morgan fingerprint density at radius 3 is 2.59 bits per heavy atom. The first kappa shape index (κ1) is 20.8. The number of nitrogens with one attached hydrogen (secondary N) is 1. The number of halogens is 1. The van der Waals surface area contributed by atoms with E-state index < -0.39 is 0 Å². The molecule has 0 aromatic heterocycles. The second-order valence-corrected chi connectivity index (χ2v) is 6.78. The van der Waals surface area contributed by atoms with Crippen molar-refractivity contribution in [2.45, 2.75) is 26.7 Å². The van der Waals surface area contributed by atoms with E-state index in [1.165, 1.54) is 6.92 Å². The zero-order valence-corrected chi connectivity index (χ0v) is 16.7. The number of anilines is 1. The van der Waals surface area contributed by atoms with Gasteiger partial charge in [-0.15, -0.1) is 0 Å². The topological polar surface area (TPSA) is 58.6 Å². The van der Waals surface area contributed by atoms with Crippen LogP contribution >= 0.6 is 11.6 Å². The van der Waals surface area contributed by atoms with Crippen molar-refractivity contribution >= 4 is 29.1 Å². The van der Waals surface area contributed by atoms with Gasteiger partial charge in [-0.2, -0.15) is 0 Å². The fourth-order valence-corrected chi connectivity index (χ4v) is 2.83. The highest BCUT2D eigenvalue weighted by Crippen LogP contribution is 2.20. The van der Waals surface area contributed by atoms with Gasteiger partial charge in [-0.25, -0.2) is 0 Å². The number of amides is 2. The van der Waals surface area contributed by atoms with Gasteiger partial charge >= 0.3 is 0 Å². The summed E-state index contributed by atoms with van der Waals surface area (Å²) in [5.41, 5.74) is 2.69. The predicted octanol–water partition coefficient (Wildman–Crippen LogP) is 4.08. The van der Waals surface area contributed by atoms with E-state index >= 15 is 0 Å². The minimum atomic E-state index is -0.150. The SMILES string of the molecule is COc1cccc(CCN(CCC(=O)Nc2ccc(C)c(Cl)c2)C(C)=O)c1. The highest BCUT2D eigenvalue weighted by atomic mass is 35.5. The van der Waals surface area contributed by atoms with Crippen LogP contribution in [0.5, 0.6) is 5.75 Å². The summed E-state index contributed by atoms with van der Waals surface area (Å²) in [5, 5.41) is 3.42. The van der Waals surface area contributed by atoms with Crippen LogP contribution in [0.15, 0.2) is 42.5 Å². The van der Waals surface area contributed by atoms with E-state index in [-0.39, 0.29) is 18.2 Å². The van der Waals surface area contributed by atoms with Gasteiger partial charge in [0.25, 0.3) is 0 Å². The Bertz CT molecular complexity index is 808. The van der Waals surface area contributed by atoms with Gasteiger partial charge < -0.3 is 15.0 Å². The van der Waals surface area contributed by atoms with Gasteiger partial charge in [0, 0.05) is 37.1 Å². The average molecular weight is 389 g/mol. The second-order valence-electron chi connectivity index (χ2n) is 6.37. The Morgan fingerprint density at radius 1 is 1.15 bits per heavy atom. The molecule has 0 aliphatic carbocycles. The number of aryl methyl sites for hydroxylation is 1. The molecule has 0 bridgehead atoms. The van der Waals surface area contributed by atoms with E-state index in [4.69, 9.17) is 16.3 Å². The van der Waals surface area contributed by atoms with Crippen molar-refractivity contribution in [3.8, 4) is 5.75 Å². The summed E-state index contributed by atoms with van der Waals surface area (Å²) in [6, 6.07) is 13.1. The maximum atomic E-state index is 12.2. The molecule has 0 fully saturated rings. The van der Waals surface area contributed by atoms with E-state index in [0.717, 1.165) is 16.9 Å². The van der Waals surface area contributed by atoms with E-state index in [9.17, 15) is 9.59 Å². The van der Waals surface area contributed by atoms with Crippen molar-refractivity contribution in [2.75, 3.05) is 25.5 Å². The Kier molecular flexibility index (Phi) is 7.67. The Hall–Kier alpha value is -2.53. The highest BCUT2D eigenvalue weighted by Gasteiger charge is 2.12. The van der Waals surface area contributed by atoms with Crippen LogP contribution < -0.4 is 10.1 Å². The summed E-state index contributed by atoms with van der Waals surface area (Å²) >= 11 is 6.07. The van der Waals surface area contributed by atoms with Crippen LogP contribution in [-0.2, 0) is 16.0 Å². The van der Waals surface area contributed by atoms with E-state index in [0.29, 0.717) is 30.2 Å². The molecule has 0 saturated carbocycles. The van der Waals surface area contributed by atoms with Gasteiger partial charge in [0.15, 0.2) is 0 Å². The van der Waals surface area contributed by atoms with Gasteiger partial charge in [-0.3, -0.25) is 9.59 Å². The molecule has 0 unspecified atom stereocenters. The molecule has 1 N–H and O–H groups in total. The van der Waals surface area contributed by atoms with Gasteiger partial charge in [-0.05, 0) is 48.7 Å². The van der Waals surface area contributed by atoms with Crippen molar-refractivity contribution in [3.63, 3.8) is 0 Å². The van der Waals surface area contributed by atoms with E-state index in [2.05, 4.69) is 5.32 Å². The first-order valence-corrected chi connectivity index (χ1v) is 9.21. The lowest BCUT2D eigenvalue weighted by molar-refractivity contribution is -0.129. The number of hydrogen-bond acceptors (Lipinski definition) is 3. The number of nitrogens with zero attached hydrogens (tertiary/aromatic N) is 1. The van der Waals surface area contributed by atoms with Crippen molar-refractivity contribution < 1.29 is 14.3 Å². The van der Waals surface area contributed by atoms with Crippen LogP contribution in [0.3, 0.4) is 0 Å². The molecule has 2 amide bonds. The van der Waals surface area contributed by atoms with Gasteiger partial charge in [0.1, 0.15) is 5.75 Å². The van der Waals surface area contributed by atoms with Gasteiger partial charge in [0.2, 0.25) is 11.8 Å². The summed E-state index contributed by atoms with van der Waals surface area (Å²) in [6.45, 7) is 4.33. The van der Waals surface area contributed by atoms with Crippen molar-refractivity contribution in [2.24, 2.45) is 0 Å². The number of hydrogen-bond donors (Lipinski definition) is 1. The number of methoxy groups -OCH3 is 1. The molecular formula is C21H25ClN2O3. The van der Waals surface area contributed by atoms with Crippen LogP contribution in [0, 0.1) is 6.92 Å². The lowest BCUT2D eigenvalue weighted by Crippen LogP contribution is -2.33. The number of carbonyl (C=O) groups is 2. The molecule has 2 aromatic carbocycles. The molecule has 0 atom stereocenters. The molecule has 0 saturated heterocycles. The minimum absolute atomic E-state index is 0.0518. The van der Waals surface area contributed by atoms with Crippen molar-refractivity contribution in [1.82, 2.24) is 4.90 Å². The Balaban J connectivity index is 1.86. The van der Waals surface area contributed by atoms with Crippen LogP contribution in [0.2, 0.25) is 5.02 Å². The first-order valence-electron chi connectivity index (χ1n) is 8.83. The molecule has 6 heteroatoms. The van der Waals surface area contributed by atoms with Gasteiger partial charge in [-0.1, -0.05) is 29.8 Å². The molecule has 0 aliphatic heterocycles. The molecule has 144 valence electrons. The summed E-state index contributed by atoms with van der Waals surface area (Å²) in [4.78, 5) is 25.8. The molecule has 2 aromatic rings. The molecular weight excluding hydrogens is 364 g/mol. The van der Waals surface area contributed by atoms with Gasteiger partial charge in [0.05, 0.1) is 7.11 Å². The molecule has 2 rings (SSSR count). The largest absolute Gasteiger partial charge is 0.497 e. The zero-order chi connectivity index (χ0) is 19.8.